The zero-order valence-corrected chi connectivity index (χ0v) is 11.3. The predicted octanol–water partition coefficient (Wildman–Crippen LogP) is 3.93. The second-order valence-corrected chi connectivity index (χ2v) is 4.21. The van der Waals surface area contributed by atoms with Gasteiger partial charge in [0.1, 0.15) is 5.75 Å². The summed E-state index contributed by atoms with van der Waals surface area (Å²) in [6.45, 7) is 0. The average molecular weight is 288 g/mol. The number of halogens is 3. The van der Waals surface area contributed by atoms with Gasteiger partial charge in [-0.2, -0.15) is 0 Å². The fourth-order valence-electron chi connectivity index (χ4n) is 1.93. The zero-order valence-electron chi connectivity index (χ0n) is 10.5. The Hall–Kier alpha value is -1.39. The van der Waals surface area contributed by atoms with E-state index in [-0.39, 0.29) is 18.8 Å². The molecule has 0 aliphatic heterocycles. The lowest BCUT2D eigenvalue weighted by atomic mass is 10.0. The Morgan fingerprint density at radius 1 is 1.11 bits per heavy atom. The Balaban J connectivity index is 0.00000180. The van der Waals surface area contributed by atoms with Crippen molar-refractivity contribution in [3.05, 3.63) is 42.0 Å². The van der Waals surface area contributed by atoms with E-state index in [1.165, 1.54) is 0 Å². The van der Waals surface area contributed by atoms with E-state index < -0.39 is 12.5 Å². The molecule has 2 rings (SSSR count). The van der Waals surface area contributed by atoms with Crippen molar-refractivity contribution in [1.82, 2.24) is 0 Å². The Morgan fingerprint density at radius 2 is 1.74 bits per heavy atom. The lowest BCUT2D eigenvalue weighted by molar-refractivity contribution is 0.128. The quantitative estimate of drug-likeness (QED) is 0.925. The normalized spacial score (nSPS) is 12.3. The van der Waals surface area contributed by atoms with Crippen LogP contribution >= 0.6 is 12.4 Å². The van der Waals surface area contributed by atoms with Crippen molar-refractivity contribution in [1.29, 1.82) is 0 Å². The van der Waals surface area contributed by atoms with Crippen molar-refractivity contribution in [2.45, 2.75) is 18.9 Å². The maximum Gasteiger partial charge on any atom is 0.240 e. The molecular weight excluding hydrogens is 272 g/mol. The summed E-state index contributed by atoms with van der Waals surface area (Å²) in [5.74, 6) is 0.770. The molecule has 0 saturated heterocycles. The smallest absolute Gasteiger partial charge is 0.240 e. The number of alkyl halides is 2. The molecular formula is C14H16ClF2NO. The number of nitrogens with two attached hydrogens (primary N) is 1. The summed E-state index contributed by atoms with van der Waals surface area (Å²) in [5.41, 5.74) is 6.47. The molecule has 0 unspecified atom stereocenters. The van der Waals surface area contributed by atoms with E-state index in [9.17, 15) is 8.78 Å². The number of methoxy groups -OCH3 is 1. The van der Waals surface area contributed by atoms with Gasteiger partial charge in [-0.25, -0.2) is 8.78 Å². The van der Waals surface area contributed by atoms with Crippen LogP contribution in [0, 0.1) is 0 Å². The molecule has 0 aliphatic rings. The van der Waals surface area contributed by atoms with Gasteiger partial charge in [-0.15, -0.1) is 12.4 Å². The van der Waals surface area contributed by atoms with Gasteiger partial charge >= 0.3 is 0 Å². The van der Waals surface area contributed by atoms with Crippen LogP contribution in [0.15, 0.2) is 36.4 Å². The molecule has 5 heteroatoms. The molecule has 2 nitrogen and oxygen atoms in total. The van der Waals surface area contributed by atoms with Gasteiger partial charge in [0.15, 0.2) is 0 Å². The number of benzene rings is 2. The van der Waals surface area contributed by atoms with Crippen LogP contribution in [0.25, 0.3) is 10.8 Å². The second kappa shape index (κ2) is 6.68. The van der Waals surface area contributed by atoms with Gasteiger partial charge < -0.3 is 10.5 Å². The standard InChI is InChI=1S/C14H15F2NO.ClH/c1-18-12-5-4-9-6-11(3-2-10(9)7-12)13(17)8-14(15)16;/h2-7,13-14H,8,17H2,1H3;1H/t13-;/m0./s1. The fraction of sp³-hybridized carbons (Fsp3) is 0.286. The van der Waals surface area contributed by atoms with Gasteiger partial charge in [0, 0.05) is 12.5 Å². The van der Waals surface area contributed by atoms with Gasteiger partial charge in [-0.1, -0.05) is 18.2 Å². The van der Waals surface area contributed by atoms with Gasteiger partial charge in [0.2, 0.25) is 6.43 Å². The third-order valence-electron chi connectivity index (χ3n) is 2.93. The maximum absolute atomic E-state index is 12.3. The molecule has 2 aromatic carbocycles. The van der Waals surface area contributed by atoms with Crippen LogP contribution in [0.1, 0.15) is 18.0 Å². The lowest BCUT2D eigenvalue weighted by Gasteiger charge is -2.12. The van der Waals surface area contributed by atoms with E-state index in [2.05, 4.69) is 0 Å². The fourth-order valence-corrected chi connectivity index (χ4v) is 1.93. The Labute approximate surface area is 117 Å². The number of ether oxygens (including phenoxy) is 1. The van der Waals surface area contributed by atoms with Crippen LogP contribution in [0.4, 0.5) is 8.78 Å². The highest BCUT2D eigenvalue weighted by Gasteiger charge is 2.13. The van der Waals surface area contributed by atoms with E-state index in [1.807, 2.05) is 30.3 Å². The third-order valence-corrected chi connectivity index (χ3v) is 2.93. The van der Waals surface area contributed by atoms with Crippen LogP contribution in [0.2, 0.25) is 0 Å². The van der Waals surface area contributed by atoms with Crippen molar-refractivity contribution in [3.8, 4) is 5.75 Å². The van der Waals surface area contributed by atoms with E-state index in [1.54, 1.807) is 13.2 Å². The number of hydrogen-bond acceptors (Lipinski definition) is 2. The largest absolute Gasteiger partial charge is 0.497 e. The molecule has 0 fully saturated rings. The summed E-state index contributed by atoms with van der Waals surface area (Å²) in [5, 5.41) is 1.97. The van der Waals surface area contributed by atoms with Crippen LogP contribution in [0.5, 0.6) is 5.75 Å². The van der Waals surface area contributed by atoms with Crippen molar-refractivity contribution < 1.29 is 13.5 Å². The average Bonchev–Trinajstić information content (AvgIpc) is 2.36. The van der Waals surface area contributed by atoms with Crippen molar-refractivity contribution in [2.24, 2.45) is 5.73 Å². The summed E-state index contributed by atoms with van der Waals surface area (Å²) in [6.07, 6.45) is -2.70. The number of hydrogen-bond donors (Lipinski definition) is 1. The summed E-state index contributed by atoms with van der Waals surface area (Å²) in [4.78, 5) is 0. The van der Waals surface area contributed by atoms with Gasteiger partial charge in [-0.05, 0) is 34.5 Å². The molecule has 0 amide bonds. The summed E-state index contributed by atoms with van der Waals surface area (Å²) in [7, 11) is 1.61. The van der Waals surface area contributed by atoms with E-state index in [4.69, 9.17) is 10.5 Å². The van der Waals surface area contributed by atoms with E-state index in [0.717, 1.165) is 22.1 Å². The first-order valence-electron chi connectivity index (χ1n) is 5.71. The molecule has 2 N–H and O–H groups in total. The highest BCUT2D eigenvalue weighted by Crippen LogP contribution is 2.25. The van der Waals surface area contributed by atoms with Crippen molar-refractivity contribution in [2.75, 3.05) is 7.11 Å². The SMILES string of the molecule is COc1ccc2cc([C@@H](N)CC(F)F)ccc2c1.Cl. The van der Waals surface area contributed by atoms with Crippen LogP contribution in [-0.4, -0.2) is 13.5 Å². The van der Waals surface area contributed by atoms with Gasteiger partial charge in [0.25, 0.3) is 0 Å². The van der Waals surface area contributed by atoms with Gasteiger partial charge in [-0.3, -0.25) is 0 Å². The first-order valence-corrected chi connectivity index (χ1v) is 5.71. The number of fused-ring (bicyclic) bond motifs is 1. The van der Waals surface area contributed by atoms with E-state index >= 15 is 0 Å². The molecule has 2 aromatic rings. The summed E-state index contributed by atoms with van der Waals surface area (Å²) < 4.78 is 29.7. The molecule has 0 saturated carbocycles. The molecule has 0 heterocycles. The molecule has 0 bridgehead atoms. The van der Waals surface area contributed by atoms with Crippen LogP contribution in [0.3, 0.4) is 0 Å². The minimum atomic E-state index is -2.38. The highest BCUT2D eigenvalue weighted by atomic mass is 35.5. The first-order chi connectivity index (χ1) is 8.60. The molecule has 0 aromatic heterocycles. The molecule has 104 valence electrons. The summed E-state index contributed by atoms with van der Waals surface area (Å²) >= 11 is 0. The highest BCUT2D eigenvalue weighted by molar-refractivity contribution is 5.85. The molecule has 1 atom stereocenters. The van der Waals surface area contributed by atoms with Crippen LogP contribution in [-0.2, 0) is 0 Å². The molecule has 0 aliphatic carbocycles. The van der Waals surface area contributed by atoms with Crippen LogP contribution < -0.4 is 10.5 Å². The Morgan fingerprint density at radius 3 is 2.37 bits per heavy atom. The Kier molecular flexibility index (Phi) is 5.51. The Bertz CT molecular complexity index is 548. The third kappa shape index (κ3) is 3.78. The first kappa shape index (κ1) is 15.7. The zero-order chi connectivity index (χ0) is 13.1. The van der Waals surface area contributed by atoms with Crippen molar-refractivity contribution in [3.63, 3.8) is 0 Å². The monoisotopic (exact) mass is 287 g/mol. The predicted molar refractivity (Wildman–Crippen MR) is 75.3 cm³/mol. The molecule has 19 heavy (non-hydrogen) atoms. The van der Waals surface area contributed by atoms with Gasteiger partial charge in [0.05, 0.1) is 7.11 Å². The topological polar surface area (TPSA) is 35.2 Å². The van der Waals surface area contributed by atoms with Crippen molar-refractivity contribution >= 4 is 23.2 Å². The molecule has 0 radical (unpaired) electrons. The lowest BCUT2D eigenvalue weighted by Crippen LogP contribution is -2.13. The van der Waals surface area contributed by atoms with E-state index in [0.29, 0.717) is 0 Å². The maximum atomic E-state index is 12.3. The minimum Gasteiger partial charge on any atom is -0.497 e. The second-order valence-electron chi connectivity index (χ2n) is 4.21. The number of rotatable bonds is 4. The molecule has 0 spiro atoms. The minimum absolute atomic E-state index is 0. The summed E-state index contributed by atoms with van der Waals surface area (Å²) in [6, 6.07) is 10.5.